The van der Waals surface area contributed by atoms with Gasteiger partial charge in [-0.2, -0.15) is 0 Å². The molecule has 4 aromatic heterocycles. The third kappa shape index (κ3) is 1.29. The molecule has 0 amide bonds. The Morgan fingerprint density at radius 1 is 0.778 bits per heavy atom. The molecule has 0 aliphatic carbocycles. The number of pyridine rings is 2. The number of fused-ring (bicyclic) bond motifs is 2. The fourth-order valence-electron chi connectivity index (χ4n) is 2.02. The van der Waals surface area contributed by atoms with Crippen molar-refractivity contribution in [3.8, 4) is 11.6 Å². The van der Waals surface area contributed by atoms with Gasteiger partial charge in [0.05, 0.1) is 0 Å². The van der Waals surface area contributed by atoms with Gasteiger partial charge in [0.1, 0.15) is 22.1 Å². The Kier molecular flexibility index (Phi) is 1.74. The number of hydrogen-bond donors (Lipinski definition) is 2. The second kappa shape index (κ2) is 3.36. The predicted octanol–water partition coefficient (Wildman–Crippen LogP) is 0.734. The minimum atomic E-state index is 0.737. The molecule has 0 saturated heterocycles. The van der Waals surface area contributed by atoms with Gasteiger partial charge in [0.15, 0.2) is 36.4 Å². The van der Waals surface area contributed by atoms with Crippen LogP contribution in [0.25, 0.3) is 33.7 Å². The maximum Gasteiger partial charge on any atom is 0.193 e. The third-order valence-electron chi connectivity index (χ3n) is 2.88. The average Bonchev–Trinajstić information content (AvgIpc) is 3.02. The van der Waals surface area contributed by atoms with Gasteiger partial charge in [0.2, 0.25) is 0 Å². The van der Waals surface area contributed by atoms with E-state index in [1.807, 2.05) is 36.9 Å². The summed E-state index contributed by atoms with van der Waals surface area (Å²) in [6, 6.07) is 3.84. The fourth-order valence-corrected chi connectivity index (χ4v) is 2.02. The van der Waals surface area contributed by atoms with Gasteiger partial charge in [-0.05, 0) is 0 Å². The van der Waals surface area contributed by atoms with E-state index in [1.54, 1.807) is 0 Å². The molecule has 0 spiro atoms. The highest BCUT2D eigenvalue weighted by molar-refractivity contribution is 5.80. The summed E-state index contributed by atoms with van der Waals surface area (Å²) in [6.07, 6.45) is 7.45. The van der Waals surface area contributed by atoms with Crippen LogP contribution in [0.2, 0.25) is 0 Å². The molecule has 0 aliphatic rings. The Morgan fingerprint density at radius 3 is 1.72 bits per heavy atom. The Labute approximate surface area is 101 Å². The first kappa shape index (κ1) is 9.29. The monoisotopic (exact) mass is 238 g/mol. The summed E-state index contributed by atoms with van der Waals surface area (Å²) in [5.74, 6) is 1.47. The van der Waals surface area contributed by atoms with Gasteiger partial charge in [-0.25, -0.2) is 19.9 Å². The molecule has 0 aliphatic heterocycles. The summed E-state index contributed by atoms with van der Waals surface area (Å²) in [5.41, 5.74) is 3.74. The molecule has 0 aromatic carbocycles. The lowest BCUT2D eigenvalue weighted by atomic mass is 10.4. The first-order valence-electron chi connectivity index (χ1n) is 5.62. The number of nitrogens with one attached hydrogen (secondary N) is 4. The Bertz CT molecular complexity index is 706. The zero-order valence-electron chi connectivity index (χ0n) is 9.36. The maximum atomic E-state index is 4.50. The molecule has 6 nitrogen and oxygen atoms in total. The number of rotatable bonds is 1. The van der Waals surface area contributed by atoms with Crippen molar-refractivity contribution in [2.45, 2.75) is 0 Å². The summed E-state index contributed by atoms with van der Waals surface area (Å²) in [4.78, 5) is 21.5. The maximum absolute atomic E-state index is 4.50. The molecule has 6 heteroatoms. The number of aromatic amines is 4. The summed E-state index contributed by atoms with van der Waals surface area (Å²) in [6.45, 7) is 0. The third-order valence-corrected chi connectivity index (χ3v) is 2.88. The smallest absolute Gasteiger partial charge is 0.193 e. The molecule has 4 heterocycles. The summed E-state index contributed by atoms with van der Waals surface area (Å²) in [7, 11) is 0. The van der Waals surface area contributed by atoms with Crippen LogP contribution >= 0.6 is 0 Å². The normalized spacial score (nSPS) is 11.3. The van der Waals surface area contributed by atoms with Gasteiger partial charge >= 0.3 is 0 Å². The molecular formula is C12H10N6+2. The van der Waals surface area contributed by atoms with Crippen LogP contribution in [0.5, 0.6) is 0 Å². The van der Waals surface area contributed by atoms with Crippen LogP contribution in [0.1, 0.15) is 0 Å². The van der Waals surface area contributed by atoms with E-state index in [0.29, 0.717) is 0 Å². The van der Waals surface area contributed by atoms with Crippen molar-refractivity contribution in [1.29, 1.82) is 0 Å². The van der Waals surface area contributed by atoms with E-state index in [4.69, 9.17) is 0 Å². The van der Waals surface area contributed by atoms with Crippen molar-refractivity contribution in [3.63, 3.8) is 0 Å². The first-order valence-corrected chi connectivity index (χ1v) is 5.62. The quantitative estimate of drug-likeness (QED) is 0.512. The summed E-state index contributed by atoms with van der Waals surface area (Å²) >= 11 is 0. The number of hydrogen-bond acceptors (Lipinski definition) is 2. The molecule has 0 unspecified atom stereocenters. The van der Waals surface area contributed by atoms with Crippen LogP contribution < -0.4 is 9.97 Å². The second-order valence-corrected chi connectivity index (χ2v) is 4.06. The van der Waals surface area contributed by atoms with Gasteiger partial charge in [0, 0.05) is 12.1 Å². The zero-order valence-corrected chi connectivity index (χ0v) is 9.36. The topological polar surface area (TPSA) is 85.6 Å². The lowest BCUT2D eigenvalue weighted by Crippen LogP contribution is -1.96. The van der Waals surface area contributed by atoms with Gasteiger partial charge < -0.3 is 9.97 Å². The number of nitrogens with zero attached hydrogens (tertiary/aromatic N) is 2. The standard InChI is InChI=1S/C12H8N6/c1-3-13-5-9-7(1)15-11(17-9)12-16-8-2-4-14-6-10(8)18-12/h1-6H,(H,15,17)(H,16,18)/p+2. The van der Waals surface area contributed by atoms with Crippen LogP contribution in [-0.2, 0) is 0 Å². The van der Waals surface area contributed by atoms with E-state index in [1.165, 1.54) is 0 Å². The minimum Gasteiger partial charge on any atom is -0.330 e. The molecular weight excluding hydrogens is 228 g/mol. The molecule has 4 aromatic rings. The highest BCUT2D eigenvalue weighted by atomic mass is 15.0. The van der Waals surface area contributed by atoms with E-state index < -0.39 is 0 Å². The Morgan fingerprint density at radius 2 is 1.28 bits per heavy atom. The van der Waals surface area contributed by atoms with Crippen molar-refractivity contribution < 1.29 is 9.97 Å². The highest BCUT2D eigenvalue weighted by Crippen LogP contribution is 2.19. The van der Waals surface area contributed by atoms with Gasteiger partial charge in [0.25, 0.3) is 0 Å². The first-order chi connectivity index (χ1) is 8.90. The molecule has 0 bridgehead atoms. The highest BCUT2D eigenvalue weighted by Gasteiger charge is 2.11. The summed E-state index contributed by atoms with van der Waals surface area (Å²) in [5, 5.41) is 0. The van der Waals surface area contributed by atoms with Crippen molar-refractivity contribution in [1.82, 2.24) is 19.9 Å². The van der Waals surface area contributed by atoms with Crippen molar-refractivity contribution >= 4 is 22.1 Å². The van der Waals surface area contributed by atoms with Crippen LogP contribution in [0.15, 0.2) is 36.9 Å². The molecule has 0 saturated carbocycles. The predicted molar refractivity (Wildman–Crippen MR) is 64.3 cm³/mol. The molecule has 0 atom stereocenters. The number of imidazole rings is 2. The zero-order chi connectivity index (χ0) is 11.9. The van der Waals surface area contributed by atoms with Gasteiger partial charge in [-0.3, -0.25) is 0 Å². The lowest BCUT2D eigenvalue weighted by molar-refractivity contribution is -0.376. The molecule has 0 fully saturated rings. The van der Waals surface area contributed by atoms with Crippen molar-refractivity contribution in [3.05, 3.63) is 36.9 Å². The van der Waals surface area contributed by atoms with Crippen molar-refractivity contribution in [2.24, 2.45) is 0 Å². The van der Waals surface area contributed by atoms with Crippen LogP contribution in [0.3, 0.4) is 0 Å². The molecule has 86 valence electrons. The molecule has 4 rings (SSSR count). The minimum absolute atomic E-state index is 0.737. The van der Waals surface area contributed by atoms with E-state index in [9.17, 15) is 0 Å². The van der Waals surface area contributed by atoms with Crippen molar-refractivity contribution in [2.75, 3.05) is 0 Å². The fraction of sp³-hybridized carbons (Fsp3) is 0. The second-order valence-electron chi connectivity index (χ2n) is 4.06. The summed E-state index contributed by atoms with van der Waals surface area (Å²) < 4.78 is 0. The SMILES string of the molecule is c1cc2nc(-c3nc4cc[nH+]cc4[nH]3)[nH]c2c[nH+]1. The number of H-pyrrole nitrogens is 4. The van der Waals surface area contributed by atoms with E-state index >= 15 is 0 Å². The van der Waals surface area contributed by atoms with E-state index in [-0.39, 0.29) is 0 Å². The van der Waals surface area contributed by atoms with Crippen LogP contribution in [0, 0.1) is 0 Å². The van der Waals surface area contributed by atoms with Crippen LogP contribution in [-0.4, -0.2) is 19.9 Å². The molecule has 0 radical (unpaired) electrons. The molecule has 4 N–H and O–H groups in total. The van der Waals surface area contributed by atoms with E-state index in [0.717, 1.165) is 33.7 Å². The largest absolute Gasteiger partial charge is 0.330 e. The van der Waals surface area contributed by atoms with Gasteiger partial charge in [-0.15, -0.1) is 0 Å². The Balaban J connectivity index is 1.95. The number of aromatic nitrogens is 6. The Hall–Kier alpha value is -2.76. The van der Waals surface area contributed by atoms with E-state index in [2.05, 4.69) is 29.9 Å². The average molecular weight is 238 g/mol. The molecule has 18 heavy (non-hydrogen) atoms. The van der Waals surface area contributed by atoms with Crippen LogP contribution in [0.4, 0.5) is 0 Å². The lowest BCUT2D eigenvalue weighted by Gasteiger charge is -1.85. The van der Waals surface area contributed by atoms with Gasteiger partial charge in [-0.1, -0.05) is 0 Å².